The van der Waals surface area contributed by atoms with Crippen molar-refractivity contribution < 1.29 is 4.79 Å². The Morgan fingerprint density at radius 3 is 2.77 bits per heavy atom. The first kappa shape index (κ1) is 9.95. The van der Waals surface area contributed by atoms with Gasteiger partial charge in [-0.3, -0.25) is 9.78 Å². The fourth-order valence-electron chi connectivity index (χ4n) is 0.852. The van der Waals surface area contributed by atoms with Crippen molar-refractivity contribution in [2.45, 2.75) is 13.0 Å². The number of ketones is 1. The molecule has 0 radical (unpaired) electrons. The molecule has 0 aliphatic rings. The number of carbonyl (C=O) groups is 1. The fraction of sp³-hybridized carbons (Fsp3) is 0.222. The first-order chi connectivity index (χ1) is 6.13. The summed E-state index contributed by atoms with van der Waals surface area (Å²) in [4.78, 5) is 15.9. The third kappa shape index (κ3) is 2.40. The molecule has 1 rings (SSSR count). The second-order valence-electron chi connectivity index (χ2n) is 2.67. The average Bonchev–Trinajstić information content (AvgIpc) is 2.17. The van der Waals surface area contributed by atoms with E-state index >= 15 is 0 Å². The maximum Gasteiger partial charge on any atom is 0.202 e. The van der Waals surface area contributed by atoms with Crippen molar-refractivity contribution in [2.24, 2.45) is 5.73 Å². The number of thiocarbonyl (C=S) groups is 1. The topological polar surface area (TPSA) is 56.0 Å². The van der Waals surface area contributed by atoms with Crippen molar-refractivity contribution >= 4 is 22.9 Å². The van der Waals surface area contributed by atoms with Crippen molar-refractivity contribution in [3.05, 3.63) is 30.1 Å². The zero-order valence-electron chi connectivity index (χ0n) is 7.23. The summed E-state index contributed by atoms with van der Waals surface area (Å²) >= 11 is 4.82. The van der Waals surface area contributed by atoms with Crippen LogP contribution in [0.5, 0.6) is 0 Å². The van der Waals surface area contributed by atoms with E-state index in [1.165, 1.54) is 0 Å². The lowest BCUT2D eigenvalue weighted by atomic mass is 10.1. The van der Waals surface area contributed by atoms with E-state index in [1.54, 1.807) is 31.3 Å². The van der Waals surface area contributed by atoms with Crippen LogP contribution in [0.15, 0.2) is 24.4 Å². The predicted molar refractivity (Wildman–Crippen MR) is 54.8 cm³/mol. The zero-order valence-corrected chi connectivity index (χ0v) is 8.04. The van der Waals surface area contributed by atoms with Gasteiger partial charge in [0.1, 0.15) is 11.7 Å². The number of aromatic nitrogens is 1. The number of pyridine rings is 1. The van der Waals surface area contributed by atoms with E-state index in [-0.39, 0.29) is 5.78 Å². The van der Waals surface area contributed by atoms with E-state index in [1.807, 2.05) is 0 Å². The molecule has 1 aromatic rings. The van der Waals surface area contributed by atoms with Gasteiger partial charge in [-0.15, -0.1) is 0 Å². The highest BCUT2D eigenvalue weighted by atomic mass is 32.1. The first-order valence-electron chi connectivity index (χ1n) is 3.84. The van der Waals surface area contributed by atoms with Crippen molar-refractivity contribution in [1.29, 1.82) is 0 Å². The molecule has 0 saturated heterocycles. The molecular formula is C9H10N2OS. The highest BCUT2D eigenvalue weighted by molar-refractivity contribution is 7.80. The van der Waals surface area contributed by atoms with Crippen molar-refractivity contribution in [2.75, 3.05) is 0 Å². The van der Waals surface area contributed by atoms with Crippen LogP contribution in [0.4, 0.5) is 0 Å². The molecule has 0 amide bonds. The van der Waals surface area contributed by atoms with Gasteiger partial charge >= 0.3 is 0 Å². The highest BCUT2D eigenvalue weighted by Crippen LogP contribution is 1.99. The zero-order chi connectivity index (χ0) is 9.84. The quantitative estimate of drug-likeness (QED) is 0.575. The van der Waals surface area contributed by atoms with E-state index in [4.69, 9.17) is 18.0 Å². The Hall–Kier alpha value is -1.13. The van der Waals surface area contributed by atoms with Crippen LogP contribution >= 0.6 is 12.2 Å². The summed E-state index contributed by atoms with van der Waals surface area (Å²) in [6.45, 7) is 1.65. The summed E-state index contributed by atoms with van der Waals surface area (Å²) in [6, 6.07) is 4.39. The third-order valence-corrected chi connectivity index (χ3v) is 1.89. The number of rotatable bonds is 3. The van der Waals surface area contributed by atoms with Gasteiger partial charge in [0, 0.05) is 11.1 Å². The van der Waals surface area contributed by atoms with Crippen LogP contribution in [0.1, 0.15) is 17.4 Å². The van der Waals surface area contributed by atoms with Crippen LogP contribution in [0, 0.1) is 0 Å². The second-order valence-corrected chi connectivity index (χ2v) is 3.31. The van der Waals surface area contributed by atoms with Crippen LogP contribution < -0.4 is 5.73 Å². The van der Waals surface area contributed by atoms with Gasteiger partial charge in [-0.25, -0.2) is 0 Å². The smallest absolute Gasteiger partial charge is 0.202 e. The summed E-state index contributed by atoms with van der Waals surface area (Å²) in [5, 5.41) is 0. The molecule has 0 aliphatic heterocycles. The lowest BCUT2D eigenvalue weighted by Gasteiger charge is -2.06. The molecule has 1 heterocycles. The molecule has 13 heavy (non-hydrogen) atoms. The normalized spacial score (nSPS) is 12.2. The summed E-state index contributed by atoms with van der Waals surface area (Å²) in [6.07, 6.45) is 1.55. The molecule has 4 heteroatoms. The maximum absolute atomic E-state index is 11.5. The Morgan fingerprint density at radius 1 is 1.62 bits per heavy atom. The summed E-state index contributed by atoms with van der Waals surface area (Å²) in [5.74, 6) is -0.229. The van der Waals surface area contributed by atoms with E-state index in [0.717, 1.165) is 0 Å². The molecule has 0 spiro atoms. The molecule has 0 aromatic carbocycles. The predicted octanol–water partition coefficient (Wildman–Crippen LogP) is 0.981. The molecule has 2 N–H and O–H groups in total. The summed E-state index contributed by atoms with van der Waals surface area (Å²) < 4.78 is 0. The monoisotopic (exact) mass is 194 g/mol. The standard InChI is InChI=1S/C9H10N2OS/c1-6(13)8(10)9(12)7-4-2-3-5-11-7/h2-5,8H,10H2,1H3. The molecule has 1 unspecified atom stereocenters. The molecule has 3 nitrogen and oxygen atoms in total. The largest absolute Gasteiger partial charge is 0.317 e. The fourth-order valence-corrected chi connectivity index (χ4v) is 0.959. The maximum atomic E-state index is 11.5. The van der Waals surface area contributed by atoms with Gasteiger partial charge < -0.3 is 5.73 Å². The highest BCUT2D eigenvalue weighted by Gasteiger charge is 2.17. The van der Waals surface area contributed by atoms with Gasteiger partial charge in [0.05, 0.1) is 0 Å². The number of Topliss-reactive ketones (excluding diaryl/α,β-unsaturated/α-hetero) is 1. The lowest BCUT2D eigenvalue weighted by molar-refractivity contribution is 0.0980. The average molecular weight is 194 g/mol. The van der Waals surface area contributed by atoms with E-state index in [9.17, 15) is 4.79 Å². The van der Waals surface area contributed by atoms with Gasteiger partial charge in [-0.2, -0.15) is 0 Å². The van der Waals surface area contributed by atoms with E-state index < -0.39 is 6.04 Å². The minimum Gasteiger partial charge on any atom is -0.317 e. The minimum atomic E-state index is -0.718. The Labute approximate surface area is 82.0 Å². The van der Waals surface area contributed by atoms with E-state index in [0.29, 0.717) is 10.6 Å². The summed E-state index contributed by atoms with van der Waals surface area (Å²) in [7, 11) is 0. The van der Waals surface area contributed by atoms with Crippen LogP contribution in [0.2, 0.25) is 0 Å². The number of hydrogen-bond acceptors (Lipinski definition) is 4. The van der Waals surface area contributed by atoms with Crippen LogP contribution in [0.25, 0.3) is 0 Å². The van der Waals surface area contributed by atoms with Crippen LogP contribution in [-0.4, -0.2) is 21.7 Å². The van der Waals surface area contributed by atoms with Crippen molar-refractivity contribution in [1.82, 2.24) is 4.98 Å². The van der Waals surface area contributed by atoms with Crippen molar-refractivity contribution in [3.8, 4) is 0 Å². The molecule has 0 bridgehead atoms. The van der Waals surface area contributed by atoms with Gasteiger partial charge in [0.2, 0.25) is 5.78 Å². The molecule has 1 aromatic heterocycles. The Balaban J connectivity index is 2.86. The van der Waals surface area contributed by atoms with Crippen molar-refractivity contribution in [3.63, 3.8) is 0 Å². The summed E-state index contributed by atoms with van der Waals surface area (Å²) in [5.41, 5.74) is 5.92. The van der Waals surface area contributed by atoms with Crippen LogP contribution in [-0.2, 0) is 0 Å². The minimum absolute atomic E-state index is 0.229. The SMILES string of the molecule is CC(=S)C(N)C(=O)c1ccccn1. The molecule has 0 aliphatic carbocycles. The molecule has 0 fully saturated rings. The van der Waals surface area contributed by atoms with E-state index in [2.05, 4.69) is 4.98 Å². The molecule has 1 atom stereocenters. The third-order valence-electron chi connectivity index (χ3n) is 1.64. The first-order valence-corrected chi connectivity index (χ1v) is 4.25. The van der Waals surface area contributed by atoms with Gasteiger partial charge in [-0.05, 0) is 19.1 Å². The van der Waals surface area contributed by atoms with Gasteiger partial charge in [0.15, 0.2) is 0 Å². The second kappa shape index (κ2) is 4.20. The number of nitrogens with zero attached hydrogens (tertiary/aromatic N) is 1. The molecule has 68 valence electrons. The number of carbonyl (C=O) groups excluding carboxylic acids is 1. The molecule has 0 saturated carbocycles. The Kier molecular flexibility index (Phi) is 3.22. The number of hydrogen-bond donors (Lipinski definition) is 1. The van der Waals surface area contributed by atoms with Gasteiger partial charge in [0.25, 0.3) is 0 Å². The molecular weight excluding hydrogens is 184 g/mol. The van der Waals surface area contributed by atoms with Gasteiger partial charge in [-0.1, -0.05) is 18.3 Å². The Morgan fingerprint density at radius 2 is 2.31 bits per heavy atom. The lowest BCUT2D eigenvalue weighted by Crippen LogP contribution is -2.36. The number of nitrogens with two attached hydrogens (primary N) is 1. The van der Waals surface area contributed by atoms with Crippen LogP contribution in [0.3, 0.4) is 0 Å². The Bertz CT molecular complexity index is 324.